The number of fused-ring (bicyclic) bond motifs is 2. The summed E-state index contributed by atoms with van der Waals surface area (Å²) < 4.78 is 11.0. The van der Waals surface area contributed by atoms with Crippen LogP contribution in [0.4, 0.5) is 11.8 Å². The van der Waals surface area contributed by atoms with Crippen molar-refractivity contribution in [3.05, 3.63) is 22.8 Å². The van der Waals surface area contributed by atoms with E-state index in [1.807, 2.05) is 13.8 Å². The van der Waals surface area contributed by atoms with Gasteiger partial charge in [0, 0.05) is 25.6 Å². The van der Waals surface area contributed by atoms with Gasteiger partial charge in [-0.05, 0) is 13.8 Å². The van der Waals surface area contributed by atoms with Crippen LogP contribution in [-0.4, -0.2) is 71.6 Å². The molecule has 4 rings (SSSR count). The molecule has 4 heterocycles. The van der Waals surface area contributed by atoms with E-state index in [-0.39, 0.29) is 12.1 Å². The van der Waals surface area contributed by atoms with E-state index in [9.17, 15) is 0 Å². The van der Waals surface area contributed by atoms with Crippen molar-refractivity contribution in [2.75, 3.05) is 43.5 Å². The number of halogens is 1. The Morgan fingerprint density at radius 1 is 1.39 bits per heavy atom. The normalized spacial score (nSPS) is 25.0. The van der Waals surface area contributed by atoms with Crippen LogP contribution in [0.3, 0.4) is 0 Å². The molecule has 0 aliphatic carbocycles. The average Bonchev–Trinajstić information content (AvgIpc) is 2.59. The van der Waals surface area contributed by atoms with Crippen LogP contribution in [0, 0.1) is 0 Å². The Balaban J connectivity index is 1.53. The minimum Gasteiger partial charge on any atom is -0.478 e. The first-order chi connectivity index (χ1) is 13.5. The number of hydrogen-bond donors (Lipinski definition) is 3. The lowest BCUT2D eigenvalue weighted by molar-refractivity contribution is -0.0891. The number of aromatic nitrogens is 2. The summed E-state index contributed by atoms with van der Waals surface area (Å²) in [4.78, 5) is 15.9. The molecule has 3 aliphatic heterocycles. The van der Waals surface area contributed by atoms with Crippen LogP contribution in [0.2, 0.25) is 5.02 Å². The molecule has 10 heteroatoms. The lowest BCUT2D eigenvalue weighted by Gasteiger charge is -2.46. The summed E-state index contributed by atoms with van der Waals surface area (Å²) >= 11 is 6.21. The van der Waals surface area contributed by atoms with Gasteiger partial charge >= 0.3 is 0 Å². The van der Waals surface area contributed by atoms with Gasteiger partial charge in [-0.2, -0.15) is 4.98 Å². The van der Waals surface area contributed by atoms with E-state index in [2.05, 4.69) is 25.5 Å². The second kappa shape index (κ2) is 8.10. The highest BCUT2D eigenvalue weighted by Gasteiger charge is 2.36. The monoisotopic (exact) mass is 407 g/mol. The summed E-state index contributed by atoms with van der Waals surface area (Å²) in [7, 11) is 0. The van der Waals surface area contributed by atoms with Crippen LogP contribution in [0.25, 0.3) is 0 Å². The standard InChI is InChI=1S/C18H26ClN7O2/c1-10-3-4-28-16(20)15(24-18-21-5-14(19)17(22-10)25-18)11(2)23-12-6-26(7-12)13-8-27-9-13/h5,10,12-13H,3-4,6-9,20H2,1-2H3,(H2,21,22,24,25)/t10-/m1/s1. The van der Waals surface area contributed by atoms with Gasteiger partial charge < -0.3 is 25.8 Å². The molecule has 2 bridgehead atoms. The second-order valence-electron chi connectivity index (χ2n) is 7.45. The van der Waals surface area contributed by atoms with Gasteiger partial charge in [0.05, 0.1) is 43.8 Å². The van der Waals surface area contributed by atoms with Crippen molar-refractivity contribution in [2.45, 2.75) is 38.4 Å². The van der Waals surface area contributed by atoms with E-state index in [4.69, 9.17) is 31.8 Å². The summed E-state index contributed by atoms with van der Waals surface area (Å²) in [5, 5.41) is 6.91. The molecule has 1 aromatic heterocycles. The molecule has 4 N–H and O–H groups in total. The molecule has 2 fully saturated rings. The quantitative estimate of drug-likeness (QED) is 0.645. The number of ether oxygens (including phenoxy) is 2. The van der Waals surface area contributed by atoms with E-state index in [1.54, 1.807) is 6.20 Å². The van der Waals surface area contributed by atoms with Gasteiger partial charge in [-0.25, -0.2) is 4.98 Å². The first-order valence-electron chi connectivity index (χ1n) is 9.55. The van der Waals surface area contributed by atoms with Gasteiger partial charge in [0.1, 0.15) is 10.7 Å². The lowest BCUT2D eigenvalue weighted by atomic mass is 10.0. The zero-order valence-electron chi connectivity index (χ0n) is 16.1. The molecular formula is C18H26ClN7O2. The van der Waals surface area contributed by atoms with Crippen LogP contribution < -0.4 is 16.4 Å². The third kappa shape index (κ3) is 4.16. The largest absolute Gasteiger partial charge is 0.478 e. The summed E-state index contributed by atoms with van der Waals surface area (Å²) in [6, 6.07) is 0.912. The molecule has 28 heavy (non-hydrogen) atoms. The van der Waals surface area contributed by atoms with E-state index < -0.39 is 0 Å². The van der Waals surface area contributed by atoms with Gasteiger partial charge in [0.15, 0.2) is 5.82 Å². The summed E-state index contributed by atoms with van der Waals surface area (Å²) in [5.41, 5.74) is 7.59. The molecule has 152 valence electrons. The Hall–Kier alpha value is -2.10. The molecule has 0 amide bonds. The molecule has 1 aromatic rings. The molecule has 0 radical (unpaired) electrons. The fraction of sp³-hybridized carbons (Fsp3) is 0.611. The Kier molecular flexibility index (Phi) is 5.56. The molecule has 0 spiro atoms. The number of anilines is 2. The highest BCUT2D eigenvalue weighted by Crippen LogP contribution is 2.24. The number of allylic oxidation sites excluding steroid dienone is 1. The third-order valence-corrected chi connectivity index (χ3v) is 5.46. The number of rotatable bonds is 3. The number of nitrogens with two attached hydrogens (primary N) is 1. The van der Waals surface area contributed by atoms with Gasteiger partial charge in [0.25, 0.3) is 0 Å². The maximum absolute atomic E-state index is 6.23. The minimum absolute atomic E-state index is 0.126. The Bertz CT molecular complexity index is 790. The zero-order valence-corrected chi connectivity index (χ0v) is 16.9. The number of nitrogens with zero attached hydrogens (tertiary/aromatic N) is 4. The van der Waals surface area contributed by atoms with E-state index in [1.165, 1.54) is 0 Å². The number of aliphatic imine (C=N–C) groups is 1. The van der Waals surface area contributed by atoms with Gasteiger partial charge in [0.2, 0.25) is 11.8 Å². The number of hydrogen-bond acceptors (Lipinski definition) is 9. The zero-order chi connectivity index (χ0) is 19.7. The van der Waals surface area contributed by atoms with Crippen molar-refractivity contribution in [3.8, 4) is 0 Å². The first-order valence-corrected chi connectivity index (χ1v) is 9.92. The number of likely N-dealkylation sites (tertiary alicyclic amines) is 1. The molecule has 0 unspecified atom stereocenters. The number of nitrogens with one attached hydrogen (secondary N) is 2. The third-order valence-electron chi connectivity index (χ3n) is 5.18. The molecule has 2 saturated heterocycles. The Labute approximate surface area is 169 Å². The highest BCUT2D eigenvalue weighted by molar-refractivity contribution is 6.32. The fourth-order valence-electron chi connectivity index (χ4n) is 3.33. The first kappa shape index (κ1) is 19.2. The molecular weight excluding hydrogens is 382 g/mol. The van der Waals surface area contributed by atoms with E-state index in [0.29, 0.717) is 41.0 Å². The summed E-state index contributed by atoms with van der Waals surface area (Å²) in [6.07, 6.45) is 2.32. The SMILES string of the molecule is CC(=NC1CN(C2COC2)C1)C1=C(N)OCC[C@@H](C)Nc2nc(ncc2Cl)N1. The van der Waals surface area contributed by atoms with Crippen LogP contribution >= 0.6 is 11.6 Å². The molecule has 9 nitrogen and oxygen atoms in total. The Morgan fingerprint density at radius 2 is 2.18 bits per heavy atom. The Morgan fingerprint density at radius 3 is 2.89 bits per heavy atom. The van der Waals surface area contributed by atoms with Gasteiger partial charge in [-0.1, -0.05) is 11.6 Å². The predicted molar refractivity (Wildman–Crippen MR) is 109 cm³/mol. The average molecular weight is 408 g/mol. The molecule has 0 aromatic carbocycles. The molecule has 3 aliphatic rings. The predicted octanol–water partition coefficient (Wildman–Crippen LogP) is 1.43. The smallest absolute Gasteiger partial charge is 0.229 e. The summed E-state index contributed by atoms with van der Waals surface area (Å²) in [5.74, 6) is 1.26. The van der Waals surface area contributed by atoms with Crippen molar-refractivity contribution < 1.29 is 9.47 Å². The molecule has 1 atom stereocenters. The van der Waals surface area contributed by atoms with Crippen molar-refractivity contribution in [2.24, 2.45) is 10.7 Å². The lowest BCUT2D eigenvalue weighted by Crippen LogP contribution is -2.61. The fourth-order valence-corrected chi connectivity index (χ4v) is 3.48. The van der Waals surface area contributed by atoms with Crippen molar-refractivity contribution >= 4 is 29.1 Å². The van der Waals surface area contributed by atoms with E-state index in [0.717, 1.165) is 38.4 Å². The summed E-state index contributed by atoms with van der Waals surface area (Å²) in [6.45, 7) is 7.95. The minimum atomic E-state index is 0.126. The maximum Gasteiger partial charge on any atom is 0.229 e. The van der Waals surface area contributed by atoms with Crippen molar-refractivity contribution in [1.29, 1.82) is 0 Å². The van der Waals surface area contributed by atoms with Crippen molar-refractivity contribution in [1.82, 2.24) is 14.9 Å². The van der Waals surface area contributed by atoms with Gasteiger partial charge in [-0.3, -0.25) is 9.89 Å². The molecule has 0 saturated carbocycles. The van der Waals surface area contributed by atoms with Crippen LogP contribution in [0.1, 0.15) is 20.3 Å². The topological polar surface area (TPSA) is 110 Å². The van der Waals surface area contributed by atoms with Crippen LogP contribution in [0.15, 0.2) is 22.8 Å². The maximum atomic E-state index is 6.23. The van der Waals surface area contributed by atoms with Crippen molar-refractivity contribution in [3.63, 3.8) is 0 Å². The van der Waals surface area contributed by atoms with Gasteiger partial charge in [-0.15, -0.1) is 0 Å². The van der Waals surface area contributed by atoms with E-state index >= 15 is 0 Å². The highest BCUT2D eigenvalue weighted by atomic mass is 35.5. The van der Waals surface area contributed by atoms with Crippen LogP contribution in [0.5, 0.6) is 0 Å². The van der Waals surface area contributed by atoms with Crippen LogP contribution in [-0.2, 0) is 9.47 Å². The second-order valence-corrected chi connectivity index (χ2v) is 7.86.